The Kier molecular flexibility index (Phi) is 5.87. The second-order valence-corrected chi connectivity index (χ2v) is 6.99. The maximum Gasteiger partial charge on any atom is 0.244 e. The SMILES string of the molecule is NC/C(=C\F)COc1ccc(S(=O)(=O)N2CCCCC2)cn1. The zero-order valence-corrected chi connectivity index (χ0v) is 13.1. The Hall–Kier alpha value is -1.51. The highest BCUT2D eigenvalue weighted by atomic mass is 32.2. The lowest BCUT2D eigenvalue weighted by molar-refractivity contribution is 0.333. The fourth-order valence-corrected chi connectivity index (χ4v) is 3.62. The average Bonchev–Trinajstić information content (AvgIpc) is 2.57. The van der Waals surface area contributed by atoms with Gasteiger partial charge in [0.25, 0.3) is 0 Å². The van der Waals surface area contributed by atoms with E-state index in [1.807, 2.05) is 0 Å². The number of rotatable bonds is 6. The molecule has 0 aromatic carbocycles. The third kappa shape index (κ3) is 4.02. The fourth-order valence-electron chi connectivity index (χ4n) is 2.16. The minimum absolute atomic E-state index is 0.0157. The minimum Gasteiger partial charge on any atom is -0.473 e. The standard InChI is InChI=1S/C14H20FN3O3S/c15-8-12(9-16)11-21-14-5-4-13(10-17-14)22(19,20)18-6-2-1-3-7-18/h4-5,8,10H,1-3,6-7,9,11,16H2/b12-8+. The zero-order valence-electron chi connectivity index (χ0n) is 12.2. The first-order valence-electron chi connectivity index (χ1n) is 7.15. The number of nitrogens with two attached hydrogens (primary N) is 1. The van der Waals surface area contributed by atoms with Crippen molar-refractivity contribution in [1.82, 2.24) is 9.29 Å². The van der Waals surface area contributed by atoms with Gasteiger partial charge in [-0.3, -0.25) is 0 Å². The third-order valence-electron chi connectivity index (χ3n) is 3.48. The van der Waals surface area contributed by atoms with Gasteiger partial charge >= 0.3 is 0 Å². The lowest BCUT2D eigenvalue weighted by Gasteiger charge is -2.25. The second kappa shape index (κ2) is 7.66. The van der Waals surface area contributed by atoms with Crippen molar-refractivity contribution in [2.45, 2.75) is 24.2 Å². The van der Waals surface area contributed by atoms with E-state index in [2.05, 4.69) is 4.98 Å². The third-order valence-corrected chi connectivity index (χ3v) is 5.37. The molecule has 1 aromatic rings. The van der Waals surface area contributed by atoms with Crippen molar-refractivity contribution in [3.05, 3.63) is 30.2 Å². The molecule has 6 nitrogen and oxygen atoms in total. The van der Waals surface area contributed by atoms with E-state index in [1.165, 1.54) is 22.6 Å². The van der Waals surface area contributed by atoms with Crippen molar-refractivity contribution in [1.29, 1.82) is 0 Å². The number of sulfonamides is 1. The van der Waals surface area contributed by atoms with Crippen molar-refractivity contribution in [3.63, 3.8) is 0 Å². The Morgan fingerprint density at radius 1 is 1.36 bits per heavy atom. The number of aromatic nitrogens is 1. The smallest absolute Gasteiger partial charge is 0.244 e. The topological polar surface area (TPSA) is 85.5 Å². The van der Waals surface area contributed by atoms with E-state index in [4.69, 9.17) is 10.5 Å². The lowest BCUT2D eigenvalue weighted by atomic mass is 10.2. The molecule has 0 spiro atoms. The predicted molar refractivity (Wildman–Crippen MR) is 80.6 cm³/mol. The molecule has 0 aliphatic carbocycles. The first-order chi connectivity index (χ1) is 10.6. The molecule has 2 rings (SSSR count). The molecule has 0 saturated carbocycles. The summed E-state index contributed by atoms with van der Waals surface area (Å²) >= 11 is 0. The molecule has 2 N–H and O–H groups in total. The van der Waals surface area contributed by atoms with Crippen LogP contribution in [0.15, 0.2) is 35.1 Å². The highest BCUT2D eigenvalue weighted by Crippen LogP contribution is 2.21. The highest BCUT2D eigenvalue weighted by Gasteiger charge is 2.26. The van der Waals surface area contributed by atoms with Gasteiger partial charge in [-0.05, 0) is 18.9 Å². The van der Waals surface area contributed by atoms with E-state index in [0.717, 1.165) is 19.3 Å². The molecule has 1 saturated heterocycles. The largest absolute Gasteiger partial charge is 0.473 e. The first-order valence-corrected chi connectivity index (χ1v) is 8.59. The van der Waals surface area contributed by atoms with Crippen LogP contribution in [0, 0.1) is 0 Å². The molecule has 0 unspecified atom stereocenters. The van der Waals surface area contributed by atoms with Crippen LogP contribution in [-0.4, -0.2) is 43.9 Å². The lowest BCUT2D eigenvalue weighted by Crippen LogP contribution is -2.35. The summed E-state index contributed by atoms with van der Waals surface area (Å²) in [7, 11) is -3.50. The molecule has 0 atom stereocenters. The van der Waals surface area contributed by atoms with Crippen molar-refractivity contribution in [2.75, 3.05) is 26.2 Å². The van der Waals surface area contributed by atoms with E-state index in [9.17, 15) is 12.8 Å². The van der Waals surface area contributed by atoms with Gasteiger partial charge < -0.3 is 10.5 Å². The van der Waals surface area contributed by atoms with Crippen molar-refractivity contribution >= 4 is 10.0 Å². The van der Waals surface area contributed by atoms with Crippen LogP contribution in [0.1, 0.15) is 19.3 Å². The summed E-state index contributed by atoms with van der Waals surface area (Å²) in [5, 5.41) is 0. The Labute approximate surface area is 129 Å². The molecule has 22 heavy (non-hydrogen) atoms. The van der Waals surface area contributed by atoms with Gasteiger partial charge in [-0.25, -0.2) is 17.8 Å². The van der Waals surface area contributed by atoms with Gasteiger partial charge in [-0.1, -0.05) is 6.42 Å². The zero-order chi connectivity index (χ0) is 16.0. The Balaban J connectivity index is 2.04. The number of pyridine rings is 1. The van der Waals surface area contributed by atoms with Gasteiger partial charge in [0.15, 0.2) is 0 Å². The molecule has 0 amide bonds. The van der Waals surface area contributed by atoms with E-state index >= 15 is 0 Å². The predicted octanol–water partition coefficient (Wildman–Crippen LogP) is 1.45. The number of piperidine rings is 1. The van der Waals surface area contributed by atoms with Gasteiger partial charge in [0.05, 0.1) is 12.5 Å². The van der Waals surface area contributed by atoms with Crippen molar-refractivity contribution in [3.8, 4) is 5.88 Å². The Morgan fingerprint density at radius 2 is 2.09 bits per heavy atom. The summed E-state index contributed by atoms with van der Waals surface area (Å²) in [6.45, 7) is 1.12. The molecule has 0 radical (unpaired) electrons. The number of hydrogen-bond donors (Lipinski definition) is 1. The monoisotopic (exact) mass is 329 g/mol. The van der Waals surface area contributed by atoms with E-state index in [-0.39, 0.29) is 23.9 Å². The maximum absolute atomic E-state index is 12.4. The Morgan fingerprint density at radius 3 is 2.64 bits per heavy atom. The maximum atomic E-state index is 12.4. The van der Waals surface area contributed by atoms with Crippen LogP contribution < -0.4 is 10.5 Å². The molecule has 1 aliphatic heterocycles. The number of hydrogen-bond acceptors (Lipinski definition) is 5. The molecule has 2 heterocycles. The van der Waals surface area contributed by atoms with Crippen LogP contribution >= 0.6 is 0 Å². The van der Waals surface area contributed by atoms with E-state index in [0.29, 0.717) is 25.0 Å². The summed E-state index contributed by atoms with van der Waals surface area (Å²) in [6, 6.07) is 2.91. The minimum atomic E-state index is -3.50. The summed E-state index contributed by atoms with van der Waals surface area (Å²) in [4.78, 5) is 4.10. The van der Waals surface area contributed by atoms with Gasteiger partial charge in [-0.2, -0.15) is 4.31 Å². The molecule has 8 heteroatoms. The molecule has 1 fully saturated rings. The van der Waals surface area contributed by atoms with Crippen LogP contribution in [0.3, 0.4) is 0 Å². The van der Waals surface area contributed by atoms with Gasteiger partial charge in [-0.15, -0.1) is 0 Å². The van der Waals surface area contributed by atoms with E-state index < -0.39 is 10.0 Å². The molecular weight excluding hydrogens is 309 g/mol. The van der Waals surface area contributed by atoms with Gasteiger partial charge in [0.2, 0.25) is 15.9 Å². The Bertz CT molecular complexity index is 611. The highest BCUT2D eigenvalue weighted by molar-refractivity contribution is 7.89. The first kappa shape index (κ1) is 16.9. The van der Waals surface area contributed by atoms with Crippen LogP contribution in [0.5, 0.6) is 5.88 Å². The molecular formula is C14H20FN3O3S. The van der Waals surface area contributed by atoms with Crippen LogP contribution in [0.2, 0.25) is 0 Å². The molecule has 1 aromatic heterocycles. The normalized spacial score (nSPS) is 17.5. The number of ether oxygens (including phenoxy) is 1. The number of halogens is 1. The van der Waals surface area contributed by atoms with Crippen molar-refractivity contribution < 1.29 is 17.5 Å². The molecule has 0 bridgehead atoms. The van der Waals surface area contributed by atoms with Gasteiger partial charge in [0.1, 0.15) is 11.5 Å². The van der Waals surface area contributed by atoms with Crippen LogP contribution in [0.4, 0.5) is 4.39 Å². The molecule has 1 aliphatic rings. The van der Waals surface area contributed by atoms with Crippen LogP contribution in [-0.2, 0) is 10.0 Å². The summed E-state index contributed by atoms with van der Waals surface area (Å²) < 4.78 is 43.9. The van der Waals surface area contributed by atoms with Gasteiger partial charge in [0, 0.05) is 31.3 Å². The van der Waals surface area contributed by atoms with Crippen LogP contribution in [0.25, 0.3) is 0 Å². The summed E-state index contributed by atoms with van der Waals surface area (Å²) in [5.41, 5.74) is 5.62. The quantitative estimate of drug-likeness (QED) is 0.854. The van der Waals surface area contributed by atoms with E-state index in [1.54, 1.807) is 0 Å². The average molecular weight is 329 g/mol. The van der Waals surface area contributed by atoms with Crippen molar-refractivity contribution in [2.24, 2.45) is 5.73 Å². The summed E-state index contributed by atoms with van der Waals surface area (Å²) in [6.07, 6.45) is 4.48. The molecule has 122 valence electrons. The summed E-state index contributed by atoms with van der Waals surface area (Å²) in [5.74, 6) is 0.227. The number of nitrogens with zero attached hydrogens (tertiary/aromatic N) is 2. The fraction of sp³-hybridized carbons (Fsp3) is 0.500. The second-order valence-electron chi connectivity index (χ2n) is 5.06.